The summed E-state index contributed by atoms with van der Waals surface area (Å²) in [5, 5.41) is 13.9. The number of nitrogens with one attached hydrogen (secondary N) is 2. The Balaban J connectivity index is 1.73. The lowest BCUT2D eigenvalue weighted by atomic mass is 10.2. The number of hydrogen-bond acceptors (Lipinski definition) is 6. The number of benzene rings is 2. The highest BCUT2D eigenvalue weighted by molar-refractivity contribution is 5.80. The van der Waals surface area contributed by atoms with Crippen molar-refractivity contribution in [3.63, 3.8) is 0 Å². The molecule has 0 unspecified atom stereocenters. The second-order valence-electron chi connectivity index (χ2n) is 7.25. The predicted molar refractivity (Wildman–Crippen MR) is 123 cm³/mol. The Hall–Kier alpha value is -4.08. The van der Waals surface area contributed by atoms with Crippen LogP contribution in [0.3, 0.4) is 0 Å². The molecule has 10 heteroatoms. The molecular weight excluding hydrogens is 442 g/mol. The molecule has 0 saturated heterocycles. The van der Waals surface area contributed by atoms with Crippen molar-refractivity contribution in [2.24, 2.45) is 0 Å². The second-order valence-corrected chi connectivity index (χ2v) is 7.25. The van der Waals surface area contributed by atoms with E-state index in [0.717, 1.165) is 11.1 Å². The van der Waals surface area contributed by atoms with E-state index in [-0.39, 0.29) is 52.2 Å². The van der Waals surface area contributed by atoms with Crippen molar-refractivity contribution in [2.45, 2.75) is 26.1 Å². The summed E-state index contributed by atoms with van der Waals surface area (Å²) < 4.78 is 10.2. The van der Waals surface area contributed by atoms with E-state index < -0.39 is 24.1 Å². The smallest absolute Gasteiger partial charge is 0.407 e. The number of carbonyl (C=O) groups is 4. The molecule has 0 aliphatic rings. The van der Waals surface area contributed by atoms with Gasteiger partial charge in [0.2, 0.25) is 5.91 Å². The average Bonchev–Trinajstić information content (AvgIpc) is 2.85. The Kier molecular flexibility index (Phi) is 11.5. The number of nitrogens with zero attached hydrogens (tertiary/aromatic N) is 1. The van der Waals surface area contributed by atoms with Gasteiger partial charge in [-0.3, -0.25) is 9.59 Å². The Morgan fingerprint density at radius 3 is 1.56 bits per heavy atom. The van der Waals surface area contributed by atoms with Gasteiger partial charge < -0.3 is 30.1 Å². The van der Waals surface area contributed by atoms with Crippen LogP contribution in [0.2, 0.25) is 0 Å². The number of carboxylic acids is 1. The normalized spacial score (nSPS) is 10.1. The largest absolute Gasteiger partial charge is 0.481 e. The zero-order valence-corrected chi connectivity index (χ0v) is 18.8. The molecule has 0 spiro atoms. The molecule has 3 amide bonds. The fourth-order valence-corrected chi connectivity index (χ4v) is 2.87. The minimum absolute atomic E-state index is 0.102. The van der Waals surface area contributed by atoms with Gasteiger partial charge in [-0.05, 0) is 11.1 Å². The van der Waals surface area contributed by atoms with E-state index in [2.05, 4.69) is 10.6 Å². The summed E-state index contributed by atoms with van der Waals surface area (Å²) in [6.07, 6.45) is -1.77. The van der Waals surface area contributed by atoms with Gasteiger partial charge >= 0.3 is 18.2 Å². The van der Waals surface area contributed by atoms with Crippen molar-refractivity contribution >= 4 is 24.1 Å². The molecule has 182 valence electrons. The Bertz CT molecular complexity index is 861. The highest BCUT2D eigenvalue weighted by Gasteiger charge is 2.16. The minimum atomic E-state index is -1.08. The highest BCUT2D eigenvalue weighted by Crippen LogP contribution is 2.02. The topological polar surface area (TPSA) is 134 Å². The van der Waals surface area contributed by atoms with Gasteiger partial charge in [-0.1, -0.05) is 60.7 Å². The fraction of sp³-hybridized carbons (Fsp3) is 0.333. The summed E-state index contributed by atoms with van der Waals surface area (Å²) in [6.45, 7) is 0.681. The summed E-state index contributed by atoms with van der Waals surface area (Å²) in [5.41, 5.74) is 1.68. The quantitative estimate of drug-likeness (QED) is 0.409. The lowest BCUT2D eigenvalue weighted by Gasteiger charge is -2.23. The number of rotatable bonds is 13. The Morgan fingerprint density at radius 2 is 1.15 bits per heavy atom. The molecule has 10 nitrogen and oxygen atoms in total. The maximum Gasteiger partial charge on any atom is 0.407 e. The standard InChI is InChI=1S/C24H29N3O7/c28-21(11-12-22(29)30)27(15-13-25-23(31)33-17-19-7-3-1-4-8-19)16-14-26-24(32)34-18-20-9-5-2-6-10-20/h1-10H,11-18H2,(H,25,31)(H,26,32)(H,29,30). The maximum atomic E-state index is 12.4. The lowest BCUT2D eigenvalue weighted by Crippen LogP contribution is -2.43. The van der Waals surface area contributed by atoms with Crippen LogP contribution in [-0.4, -0.2) is 60.2 Å². The zero-order valence-electron chi connectivity index (χ0n) is 18.8. The van der Waals surface area contributed by atoms with Gasteiger partial charge in [-0.25, -0.2) is 9.59 Å². The third-order valence-corrected chi connectivity index (χ3v) is 4.63. The summed E-state index contributed by atoms with van der Waals surface area (Å²) in [6, 6.07) is 18.4. The van der Waals surface area contributed by atoms with Crippen LogP contribution in [0.4, 0.5) is 9.59 Å². The minimum Gasteiger partial charge on any atom is -0.481 e. The van der Waals surface area contributed by atoms with Crippen LogP contribution >= 0.6 is 0 Å². The van der Waals surface area contributed by atoms with Crippen LogP contribution in [0, 0.1) is 0 Å². The summed E-state index contributed by atoms with van der Waals surface area (Å²) in [4.78, 5) is 48.3. The van der Waals surface area contributed by atoms with Gasteiger partial charge in [0.15, 0.2) is 0 Å². The van der Waals surface area contributed by atoms with E-state index >= 15 is 0 Å². The number of amides is 3. The summed E-state index contributed by atoms with van der Waals surface area (Å²) in [5.74, 6) is -1.49. The number of carbonyl (C=O) groups excluding carboxylic acids is 3. The van der Waals surface area contributed by atoms with E-state index in [4.69, 9.17) is 14.6 Å². The number of alkyl carbamates (subject to hydrolysis) is 2. The lowest BCUT2D eigenvalue weighted by molar-refractivity contribution is -0.140. The van der Waals surface area contributed by atoms with E-state index in [1.165, 1.54) is 4.90 Å². The van der Waals surface area contributed by atoms with Crippen molar-refractivity contribution in [3.05, 3.63) is 71.8 Å². The number of hydrogen-bond donors (Lipinski definition) is 3. The first-order valence-electron chi connectivity index (χ1n) is 10.8. The average molecular weight is 472 g/mol. The number of carboxylic acid groups (broad SMARTS) is 1. The van der Waals surface area contributed by atoms with E-state index in [0.29, 0.717) is 0 Å². The molecule has 2 aromatic rings. The molecule has 0 aliphatic carbocycles. The van der Waals surface area contributed by atoms with E-state index in [1.807, 2.05) is 60.7 Å². The molecule has 0 aliphatic heterocycles. The van der Waals surface area contributed by atoms with Crippen molar-refractivity contribution in [1.82, 2.24) is 15.5 Å². The zero-order chi connectivity index (χ0) is 24.6. The third kappa shape index (κ3) is 11.0. The fourth-order valence-electron chi connectivity index (χ4n) is 2.87. The molecule has 2 aromatic carbocycles. The van der Waals surface area contributed by atoms with Crippen LogP contribution in [0.1, 0.15) is 24.0 Å². The van der Waals surface area contributed by atoms with Crippen molar-refractivity contribution in [2.75, 3.05) is 26.2 Å². The molecule has 0 saturated carbocycles. The van der Waals surface area contributed by atoms with Gasteiger partial charge in [-0.2, -0.15) is 0 Å². The van der Waals surface area contributed by atoms with E-state index in [1.54, 1.807) is 0 Å². The molecule has 3 N–H and O–H groups in total. The summed E-state index contributed by atoms with van der Waals surface area (Å²) >= 11 is 0. The highest BCUT2D eigenvalue weighted by atomic mass is 16.6. The molecule has 0 atom stereocenters. The van der Waals surface area contributed by atoms with Gasteiger partial charge in [0.25, 0.3) is 0 Å². The monoisotopic (exact) mass is 471 g/mol. The third-order valence-electron chi connectivity index (χ3n) is 4.63. The first kappa shape index (κ1) is 26.2. The Morgan fingerprint density at radius 1 is 0.706 bits per heavy atom. The van der Waals surface area contributed by atoms with E-state index in [9.17, 15) is 19.2 Å². The molecule has 0 aromatic heterocycles. The molecule has 0 radical (unpaired) electrons. The van der Waals surface area contributed by atoms with Crippen molar-refractivity contribution in [3.8, 4) is 0 Å². The molecule has 2 rings (SSSR count). The van der Waals surface area contributed by atoms with Crippen LogP contribution in [0.25, 0.3) is 0 Å². The van der Waals surface area contributed by atoms with Crippen molar-refractivity contribution < 1.29 is 33.8 Å². The van der Waals surface area contributed by atoms with Gasteiger partial charge in [0.1, 0.15) is 13.2 Å². The van der Waals surface area contributed by atoms with Crippen LogP contribution in [-0.2, 0) is 32.3 Å². The van der Waals surface area contributed by atoms with Gasteiger partial charge in [0, 0.05) is 32.6 Å². The number of ether oxygens (including phenoxy) is 2. The first-order valence-corrected chi connectivity index (χ1v) is 10.8. The Labute approximate surface area is 197 Å². The first-order chi connectivity index (χ1) is 16.4. The van der Waals surface area contributed by atoms with Gasteiger partial charge in [0.05, 0.1) is 6.42 Å². The van der Waals surface area contributed by atoms with Crippen LogP contribution in [0.15, 0.2) is 60.7 Å². The van der Waals surface area contributed by atoms with Gasteiger partial charge in [-0.15, -0.1) is 0 Å². The van der Waals surface area contributed by atoms with Crippen LogP contribution < -0.4 is 10.6 Å². The summed E-state index contributed by atoms with van der Waals surface area (Å²) in [7, 11) is 0. The number of aliphatic carboxylic acids is 1. The second kappa shape index (κ2) is 14.9. The predicted octanol–water partition coefficient (Wildman–Crippen LogP) is 2.53. The SMILES string of the molecule is O=C(O)CCC(=O)N(CCNC(=O)OCc1ccccc1)CCNC(=O)OCc1ccccc1. The van der Waals surface area contributed by atoms with Crippen LogP contribution in [0.5, 0.6) is 0 Å². The maximum absolute atomic E-state index is 12.4. The molecule has 0 heterocycles. The molecule has 0 bridgehead atoms. The van der Waals surface area contributed by atoms with Crippen molar-refractivity contribution in [1.29, 1.82) is 0 Å². The molecule has 0 fully saturated rings. The molecule has 34 heavy (non-hydrogen) atoms. The molecular formula is C24H29N3O7.